The Hall–Kier alpha value is -0.160. The van der Waals surface area contributed by atoms with Crippen molar-refractivity contribution >= 4 is 0 Å². The van der Waals surface area contributed by atoms with Gasteiger partial charge in [0.05, 0.1) is 13.2 Å². The lowest BCUT2D eigenvalue weighted by molar-refractivity contribution is 0.0427. The van der Waals surface area contributed by atoms with Crippen molar-refractivity contribution in [3.05, 3.63) is 0 Å². The van der Waals surface area contributed by atoms with Crippen molar-refractivity contribution < 1.29 is 4.74 Å². The number of nitrogens with one attached hydrogen (secondary N) is 2. The molecule has 4 nitrogen and oxygen atoms in total. The monoisotopic (exact) mass is 281 g/mol. The highest BCUT2D eigenvalue weighted by Gasteiger charge is 2.36. The molecule has 20 heavy (non-hydrogen) atoms. The van der Waals surface area contributed by atoms with E-state index in [1.165, 1.54) is 38.5 Å². The Kier molecular flexibility index (Phi) is 4.97. The molecule has 0 aromatic rings. The Morgan fingerprint density at radius 2 is 2.05 bits per heavy atom. The fourth-order valence-corrected chi connectivity index (χ4v) is 4.42. The molecule has 3 aliphatic heterocycles. The number of hydrogen-bond acceptors (Lipinski definition) is 4. The second-order valence-corrected chi connectivity index (χ2v) is 7.10. The van der Waals surface area contributed by atoms with Crippen molar-refractivity contribution in [2.45, 2.75) is 75.7 Å². The molecule has 0 aromatic heterocycles. The SMILES string of the molecule is CC(CC1COCCN1)NC1CC2CCCC(C1)N2C. The molecule has 3 heterocycles. The van der Waals surface area contributed by atoms with Gasteiger partial charge in [0, 0.05) is 36.8 Å². The molecule has 4 unspecified atom stereocenters. The third kappa shape index (κ3) is 3.53. The van der Waals surface area contributed by atoms with E-state index in [-0.39, 0.29) is 0 Å². The van der Waals surface area contributed by atoms with E-state index in [9.17, 15) is 0 Å². The van der Waals surface area contributed by atoms with Crippen LogP contribution in [0.15, 0.2) is 0 Å². The summed E-state index contributed by atoms with van der Waals surface area (Å²) in [6.07, 6.45) is 8.10. The Morgan fingerprint density at radius 1 is 1.30 bits per heavy atom. The molecule has 0 aromatic carbocycles. The molecule has 3 fully saturated rings. The zero-order chi connectivity index (χ0) is 13.9. The van der Waals surface area contributed by atoms with Crippen LogP contribution in [-0.4, -0.2) is 61.9 Å². The second kappa shape index (κ2) is 6.73. The third-order valence-electron chi connectivity index (χ3n) is 5.50. The van der Waals surface area contributed by atoms with Crippen LogP contribution in [0.5, 0.6) is 0 Å². The van der Waals surface area contributed by atoms with Crippen molar-refractivity contribution in [3.8, 4) is 0 Å². The number of piperidine rings is 2. The molecular weight excluding hydrogens is 250 g/mol. The maximum atomic E-state index is 5.55. The van der Waals surface area contributed by atoms with Crippen molar-refractivity contribution in [2.75, 3.05) is 26.8 Å². The van der Waals surface area contributed by atoms with Gasteiger partial charge in [-0.1, -0.05) is 6.42 Å². The van der Waals surface area contributed by atoms with Crippen molar-refractivity contribution in [2.24, 2.45) is 0 Å². The Morgan fingerprint density at radius 3 is 2.70 bits per heavy atom. The Bertz CT molecular complexity index is 292. The van der Waals surface area contributed by atoms with E-state index < -0.39 is 0 Å². The van der Waals surface area contributed by atoms with Gasteiger partial charge in [0.15, 0.2) is 0 Å². The van der Waals surface area contributed by atoms with Gasteiger partial charge in [-0.3, -0.25) is 0 Å². The summed E-state index contributed by atoms with van der Waals surface area (Å²) in [5.74, 6) is 0. The smallest absolute Gasteiger partial charge is 0.0620 e. The predicted molar refractivity (Wildman–Crippen MR) is 82.0 cm³/mol. The summed E-state index contributed by atoms with van der Waals surface area (Å²) in [6, 6.07) is 3.49. The van der Waals surface area contributed by atoms with Crippen LogP contribution in [0.2, 0.25) is 0 Å². The van der Waals surface area contributed by atoms with Gasteiger partial charge in [-0.15, -0.1) is 0 Å². The topological polar surface area (TPSA) is 36.5 Å². The van der Waals surface area contributed by atoms with E-state index in [1.807, 2.05) is 0 Å². The summed E-state index contributed by atoms with van der Waals surface area (Å²) in [6.45, 7) is 5.10. The molecular formula is C16H31N3O. The average molecular weight is 281 g/mol. The van der Waals surface area contributed by atoms with Crippen LogP contribution >= 0.6 is 0 Å². The maximum Gasteiger partial charge on any atom is 0.0620 e. The lowest BCUT2D eigenvalue weighted by Gasteiger charge is -2.48. The lowest BCUT2D eigenvalue weighted by atomic mass is 9.82. The predicted octanol–water partition coefficient (Wildman–Crippen LogP) is 1.36. The number of morpholine rings is 1. The van der Waals surface area contributed by atoms with Crippen molar-refractivity contribution in [1.82, 2.24) is 15.5 Å². The van der Waals surface area contributed by atoms with Crippen LogP contribution in [0, 0.1) is 0 Å². The van der Waals surface area contributed by atoms with Gasteiger partial charge in [0.25, 0.3) is 0 Å². The molecule has 4 atom stereocenters. The number of fused-ring (bicyclic) bond motifs is 2. The minimum absolute atomic E-state index is 0.539. The highest BCUT2D eigenvalue weighted by atomic mass is 16.5. The van der Waals surface area contributed by atoms with Gasteiger partial charge >= 0.3 is 0 Å². The summed E-state index contributed by atoms with van der Waals surface area (Å²) < 4.78 is 5.55. The van der Waals surface area contributed by atoms with E-state index in [1.54, 1.807) is 0 Å². The first-order chi connectivity index (χ1) is 9.72. The highest BCUT2D eigenvalue weighted by molar-refractivity contribution is 4.94. The van der Waals surface area contributed by atoms with Gasteiger partial charge in [-0.2, -0.15) is 0 Å². The molecule has 3 aliphatic rings. The quantitative estimate of drug-likeness (QED) is 0.816. The standard InChI is InChI=1S/C16H31N3O/c1-12(8-14-11-20-7-6-17-14)18-13-9-15-4-3-5-16(10-13)19(15)2/h12-18H,3-11H2,1-2H3. The van der Waals surface area contributed by atoms with E-state index in [0.717, 1.165) is 37.9 Å². The summed E-state index contributed by atoms with van der Waals surface area (Å²) in [7, 11) is 2.33. The number of ether oxygens (including phenoxy) is 1. The van der Waals surface area contributed by atoms with E-state index in [0.29, 0.717) is 12.1 Å². The zero-order valence-electron chi connectivity index (χ0n) is 13.1. The van der Waals surface area contributed by atoms with Crippen LogP contribution in [0.3, 0.4) is 0 Å². The minimum atomic E-state index is 0.539. The molecule has 4 heteroatoms. The van der Waals surface area contributed by atoms with Gasteiger partial charge < -0.3 is 20.3 Å². The summed E-state index contributed by atoms with van der Waals surface area (Å²) in [5, 5.41) is 7.45. The lowest BCUT2D eigenvalue weighted by Crippen LogP contribution is -2.56. The van der Waals surface area contributed by atoms with Crippen LogP contribution in [0.25, 0.3) is 0 Å². The van der Waals surface area contributed by atoms with Crippen LogP contribution in [-0.2, 0) is 4.74 Å². The molecule has 0 radical (unpaired) electrons. The molecule has 3 saturated heterocycles. The third-order valence-corrected chi connectivity index (χ3v) is 5.50. The largest absolute Gasteiger partial charge is 0.379 e. The molecule has 0 amide bonds. The second-order valence-electron chi connectivity index (χ2n) is 7.10. The first-order valence-electron chi connectivity index (χ1n) is 8.51. The first kappa shape index (κ1) is 14.8. The van der Waals surface area contributed by atoms with Crippen LogP contribution in [0.1, 0.15) is 45.4 Å². The molecule has 2 N–H and O–H groups in total. The average Bonchev–Trinajstić information content (AvgIpc) is 2.41. The molecule has 0 aliphatic carbocycles. The minimum Gasteiger partial charge on any atom is -0.379 e. The normalized spacial score (nSPS) is 40.5. The number of rotatable bonds is 4. The van der Waals surface area contributed by atoms with Gasteiger partial charge in [-0.05, 0) is 46.1 Å². The van der Waals surface area contributed by atoms with Gasteiger partial charge in [-0.25, -0.2) is 0 Å². The summed E-state index contributed by atoms with van der Waals surface area (Å²) in [4.78, 5) is 2.64. The van der Waals surface area contributed by atoms with Crippen LogP contribution in [0.4, 0.5) is 0 Å². The van der Waals surface area contributed by atoms with E-state index in [4.69, 9.17) is 4.74 Å². The van der Waals surface area contributed by atoms with E-state index >= 15 is 0 Å². The number of nitrogens with zero attached hydrogens (tertiary/aromatic N) is 1. The number of hydrogen-bond donors (Lipinski definition) is 2. The van der Waals surface area contributed by atoms with Crippen molar-refractivity contribution in [3.63, 3.8) is 0 Å². The molecule has 0 saturated carbocycles. The van der Waals surface area contributed by atoms with E-state index in [2.05, 4.69) is 29.5 Å². The Balaban J connectivity index is 1.45. The molecule has 2 bridgehead atoms. The summed E-state index contributed by atoms with van der Waals surface area (Å²) in [5.41, 5.74) is 0. The van der Waals surface area contributed by atoms with Gasteiger partial charge in [0.1, 0.15) is 0 Å². The van der Waals surface area contributed by atoms with Crippen LogP contribution < -0.4 is 10.6 Å². The molecule has 116 valence electrons. The van der Waals surface area contributed by atoms with Crippen molar-refractivity contribution in [1.29, 1.82) is 0 Å². The summed E-state index contributed by atoms with van der Waals surface area (Å²) >= 11 is 0. The molecule has 3 rings (SSSR count). The maximum absolute atomic E-state index is 5.55. The van der Waals surface area contributed by atoms with Gasteiger partial charge in [0.2, 0.25) is 0 Å². The molecule has 0 spiro atoms. The zero-order valence-corrected chi connectivity index (χ0v) is 13.1. The Labute approximate surface area is 123 Å². The fourth-order valence-electron chi connectivity index (χ4n) is 4.42. The fraction of sp³-hybridized carbons (Fsp3) is 1.00. The first-order valence-corrected chi connectivity index (χ1v) is 8.51. The highest BCUT2D eigenvalue weighted by Crippen LogP contribution is 2.32.